The van der Waals surface area contributed by atoms with Crippen LogP contribution in [0.15, 0.2) is 11.6 Å². The van der Waals surface area contributed by atoms with Crippen LogP contribution in [0.5, 0.6) is 0 Å². The van der Waals surface area contributed by atoms with Crippen LogP contribution in [0.2, 0.25) is 0 Å². The maximum absolute atomic E-state index is 14.6. The van der Waals surface area contributed by atoms with Gasteiger partial charge in [0.25, 0.3) is 0 Å². The molecular weight excluding hydrogens is 744 g/mol. The number of carboxylic acids is 1. The Bertz CT molecular complexity index is 1600. The van der Waals surface area contributed by atoms with E-state index < -0.39 is 114 Å². The first-order valence-electron chi connectivity index (χ1n) is 21.0. The Kier molecular flexibility index (Phi) is 11.0. The molecule has 15 heteroatoms. The van der Waals surface area contributed by atoms with Gasteiger partial charge < -0.3 is 64.9 Å². The zero-order valence-corrected chi connectivity index (χ0v) is 34.3. The summed E-state index contributed by atoms with van der Waals surface area (Å²) in [4.78, 5) is 26.4. The average Bonchev–Trinajstić information content (AvgIpc) is 3.14. The minimum atomic E-state index is -1.81. The minimum Gasteiger partial charge on any atom is -0.479 e. The van der Waals surface area contributed by atoms with E-state index in [0.29, 0.717) is 38.5 Å². The van der Waals surface area contributed by atoms with E-state index in [1.807, 2.05) is 13.8 Å². The minimum absolute atomic E-state index is 0.143. The van der Waals surface area contributed by atoms with Crippen LogP contribution in [-0.2, 0) is 28.5 Å². The molecule has 9 N–H and O–H groups in total. The molecule has 0 radical (unpaired) electrons. The van der Waals surface area contributed by atoms with Crippen molar-refractivity contribution in [3.05, 3.63) is 11.6 Å². The number of hydrogen-bond donors (Lipinski definition) is 9. The standard InChI is InChI=1S/C42H66O15/c1-19-10-15-42(36(52)57-34-29(48)26(45)25(44)21(18-43)54-34)17-16-39(5)20(32(42)41(19,7)53)8-9-23-38(4)13-12-24(37(2,3)22(38)11-14-40(23,39)6)55-35-30(49)27(46)28(47)31(56-35)33(50)51/h8,19,21-32,34-35,43-49,53H,9-18H2,1-7H3,(H,50,51)/t19-,21-,22+,23-,24+,25-,26+,27-,28-,29-,30+,31-,32-,34+,35+,38+,39-,40-,41-,42+/m1/s1. The summed E-state index contributed by atoms with van der Waals surface area (Å²) in [5.41, 5.74) is -2.69. The van der Waals surface area contributed by atoms with E-state index in [2.05, 4.69) is 40.7 Å². The Morgan fingerprint density at radius 1 is 0.772 bits per heavy atom. The van der Waals surface area contributed by atoms with Gasteiger partial charge in [0.2, 0.25) is 6.29 Å². The number of carbonyl (C=O) groups is 2. The van der Waals surface area contributed by atoms with Crippen LogP contribution in [0.4, 0.5) is 0 Å². The van der Waals surface area contributed by atoms with Crippen molar-refractivity contribution >= 4 is 11.9 Å². The van der Waals surface area contributed by atoms with Crippen LogP contribution in [0.25, 0.3) is 0 Å². The van der Waals surface area contributed by atoms with Crippen LogP contribution in [-0.4, -0.2) is 138 Å². The van der Waals surface area contributed by atoms with E-state index in [1.165, 1.54) is 0 Å². The molecule has 7 rings (SSSR count). The van der Waals surface area contributed by atoms with E-state index >= 15 is 0 Å². The zero-order chi connectivity index (χ0) is 42.0. The largest absolute Gasteiger partial charge is 0.479 e. The molecule has 7 aliphatic rings. The number of ether oxygens (including phenoxy) is 4. The number of carbonyl (C=O) groups excluding carboxylic acids is 1. The quantitative estimate of drug-likeness (QED) is 0.104. The molecule has 0 unspecified atom stereocenters. The van der Waals surface area contributed by atoms with Gasteiger partial charge in [0.15, 0.2) is 12.4 Å². The number of aliphatic hydroxyl groups excluding tert-OH is 7. The maximum atomic E-state index is 14.6. The summed E-state index contributed by atoms with van der Waals surface area (Å²) in [5.74, 6) is -2.49. The summed E-state index contributed by atoms with van der Waals surface area (Å²) in [7, 11) is 0. The Hall–Kier alpha value is -1.76. The number of allylic oxidation sites excluding steroid dienone is 1. The fourth-order valence-electron chi connectivity index (χ4n) is 13.8. The molecule has 0 aromatic heterocycles. The highest BCUT2D eigenvalue weighted by atomic mass is 16.7. The van der Waals surface area contributed by atoms with Gasteiger partial charge in [0.05, 0.1) is 23.7 Å². The van der Waals surface area contributed by atoms with E-state index in [4.69, 9.17) is 18.9 Å². The van der Waals surface area contributed by atoms with Crippen molar-refractivity contribution < 1.29 is 74.5 Å². The lowest BCUT2D eigenvalue weighted by molar-refractivity contribution is -0.324. The molecule has 0 bridgehead atoms. The third kappa shape index (κ3) is 6.14. The fourth-order valence-corrected chi connectivity index (χ4v) is 13.8. The molecule has 0 aromatic rings. The van der Waals surface area contributed by atoms with Gasteiger partial charge in [-0.25, -0.2) is 4.79 Å². The molecule has 0 amide bonds. The molecule has 2 heterocycles. The molecule has 4 saturated carbocycles. The first-order chi connectivity index (χ1) is 26.4. The number of rotatable bonds is 6. The Morgan fingerprint density at radius 2 is 1.42 bits per heavy atom. The summed E-state index contributed by atoms with van der Waals surface area (Å²) in [5, 5.41) is 95.0. The van der Waals surface area contributed by atoms with Crippen molar-refractivity contribution in [3.63, 3.8) is 0 Å². The van der Waals surface area contributed by atoms with Crippen molar-refractivity contribution in [1.82, 2.24) is 0 Å². The second kappa shape index (κ2) is 14.4. The maximum Gasteiger partial charge on any atom is 0.335 e. The Labute approximate surface area is 334 Å². The van der Waals surface area contributed by atoms with Crippen molar-refractivity contribution in [2.45, 2.75) is 179 Å². The van der Waals surface area contributed by atoms with Crippen LogP contribution in [0.3, 0.4) is 0 Å². The first-order valence-corrected chi connectivity index (χ1v) is 21.0. The SMILES string of the molecule is C[C@@H]1CC[C@]2(C(=O)O[C@@H]3O[C@H](CO)[C@@H](O)[C@H](O)[C@H]3O)CC[C@]3(C)C(=CC[C@@H]4[C@@]5(C)CC[C@H](O[C@H]6O[C@@H](C(=O)O)[C@H](O)[C@@H](O)[C@@H]6O)C(C)(C)[C@@H]5CC[C@]43C)[C@@H]2[C@]1(C)O. The van der Waals surface area contributed by atoms with Crippen LogP contribution in [0, 0.1) is 50.7 Å². The molecule has 324 valence electrons. The van der Waals surface area contributed by atoms with Crippen LogP contribution < -0.4 is 0 Å². The van der Waals surface area contributed by atoms with Crippen molar-refractivity contribution in [2.75, 3.05) is 6.61 Å². The molecule has 6 fully saturated rings. The molecule has 57 heavy (non-hydrogen) atoms. The molecular formula is C42H66O15. The van der Waals surface area contributed by atoms with Crippen molar-refractivity contribution in [3.8, 4) is 0 Å². The molecule has 15 nitrogen and oxygen atoms in total. The van der Waals surface area contributed by atoms with Gasteiger partial charge in [-0.3, -0.25) is 4.79 Å². The number of aliphatic hydroxyl groups is 8. The van der Waals surface area contributed by atoms with Gasteiger partial charge in [0.1, 0.15) is 42.7 Å². The average molecular weight is 811 g/mol. The molecule has 2 aliphatic heterocycles. The summed E-state index contributed by atoms with van der Waals surface area (Å²) < 4.78 is 23.4. The number of fused-ring (bicyclic) bond motifs is 7. The lowest BCUT2D eigenvalue weighted by atomic mass is 9.33. The van der Waals surface area contributed by atoms with Gasteiger partial charge in [0, 0.05) is 5.92 Å². The third-order valence-corrected chi connectivity index (χ3v) is 17.6. The second-order valence-corrected chi connectivity index (χ2v) is 20.4. The second-order valence-electron chi connectivity index (χ2n) is 20.4. The molecule has 5 aliphatic carbocycles. The summed E-state index contributed by atoms with van der Waals surface area (Å²) in [6.07, 6.45) is -8.63. The predicted molar refractivity (Wildman–Crippen MR) is 199 cm³/mol. The highest BCUT2D eigenvalue weighted by molar-refractivity contribution is 5.79. The van der Waals surface area contributed by atoms with E-state index in [1.54, 1.807) is 0 Å². The summed E-state index contributed by atoms with van der Waals surface area (Å²) >= 11 is 0. The lowest BCUT2D eigenvalue weighted by Crippen LogP contribution is -2.68. The first kappa shape index (κ1) is 43.3. The van der Waals surface area contributed by atoms with Gasteiger partial charge in [-0.2, -0.15) is 0 Å². The topological polar surface area (TPSA) is 253 Å². The zero-order valence-electron chi connectivity index (χ0n) is 34.3. The van der Waals surface area contributed by atoms with E-state index in [0.717, 1.165) is 24.8 Å². The van der Waals surface area contributed by atoms with E-state index in [-0.39, 0.29) is 28.6 Å². The van der Waals surface area contributed by atoms with Gasteiger partial charge >= 0.3 is 11.9 Å². The molecule has 20 atom stereocenters. The van der Waals surface area contributed by atoms with Crippen molar-refractivity contribution in [2.24, 2.45) is 50.7 Å². The number of hydrogen-bond acceptors (Lipinski definition) is 14. The Balaban J connectivity index is 1.18. The summed E-state index contributed by atoms with van der Waals surface area (Å²) in [6, 6.07) is 0. The summed E-state index contributed by atoms with van der Waals surface area (Å²) in [6.45, 7) is 14.4. The van der Waals surface area contributed by atoms with Gasteiger partial charge in [-0.15, -0.1) is 0 Å². The molecule has 0 spiro atoms. The third-order valence-electron chi connectivity index (χ3n) is 17.6. The van der Waals surface area contributed by atoms with Gasteiger partial charge in [-0.05, 0) is 104 Å². The lowest BCUT2D eigenvalue weighted by Gasteiger charge is -2.72. The monoisotopic (exact) mass is 810 g/mol. The fraction of sp³-hybridized carbons (Fsp3) is 0.905. The van der Waals surface area contributed by atoms with Crippen molar-refractivity contribution in [1.29, 1.82) is 0 Å². The van der Waals surface area contributed by atoms with E-state index in [9.17, 15) is 55.5 Å². The highest BCUT2D eigenvalue weighted by Crippen LogP contribution is 2.76. The van der Waals surface area contributed by atoms with Crippen LogP contribution >= 0.6 is 0 Å². The Morgan fingerprint density at radius 3 is 2.07 bits per heavy atom. The smallest absolute Gasteiger partial charge is 0.335 e. The predicted octanol–water partition coefficient (Wildman–Crippen LogP) is 1.38. The number of aliphatic carboxylic acids is 1. The van der Waals surface area contributed by atoms with Crippen LogP contribution in [0.1, 0.15) is 106 Å². The van der Waals surface area contributed by atoms with Gasteiger partial charge in [-0.1, -0.05) is 53.2 Å². The normalized spacial score (nSPS) is 54.6. The highest BCUT2D eigenvalue weighted by Gasteiger charge is 2.72. The molecule has 0 aromatic carbocycles. The molecule has 2 saturated heterocycles. The number of carboxylic acid groups (broad SMARTS) is 1. The number of esters is 1.